The second-order valence-electron chi connectivity index (χ2n) is 17.7. The van der Waals surface area contributed by atoms with Crippen LogP contribution >= 0.6 is 0 Å². The molecular formula is C47H70N12O10. The quantitative estimate of drug-likeness (QED) is 0.0125. The van der Waals surface area contributed by atoms with Crippen molar-refractivity contribution >= 4 is 74.6 Å². The van der Waals surface area contributed by atoms with E-state index in [4.69, 9.17) is 22.2 Å². The number of fused-ring (bicyclic) bond motifs is 2. The van der Waals surface area contributed by atoms with Gasteiger partial charge in [0.05, 0.1) is 27.7 Å². The number of para-hydroxylation sites is 1. The van der Waals surface area contributed by atoms with Crippen LogP contribution in [0.4, 0.5) is 11.4 Å². The SMILES string of the molecule is CC[C@H](C)[C@H](NC(=O)[C@H](CCCCN)NC(=O)[C@@H](NC(=O)CCCCCNc1c2ccccc2nc2c(C)ccc([N+](=O)[O-])c12)[C@@H](C)O)C(=O)N1CCC[C@H]1C(=O)N[C@@H](CCCN=C(N)N)C(=O)O. The Kier molecular flexibility index (Phi) is 21.3. The smallest absolute Gasteiger partial charge is 0.326 e. The van der Waals surface area contributed by atoms with Gasteiger partial charge in [0.25, 0.3) is 5.69 Å². The van der Waals surface area contributed by atoms with Crippen molar-refractivity contribution < 1.29 is 43.9 Å². The number of unbranched alkanes of at least 4 members (excludes halogenated alkanes) is 3. The van der Waals surface area contributed by atoms with Crippen molar-refractivity contribution in [3.8, 4) is 0 Å². The number of rotatable bonds is 28. The largest absolute Gasteiger partial charge is 0.480 e. The first-order valence-corrected chi connectivity index (χ1v) is 23.8. The maximum atomic E-state index is 14.2. The van der Waals surface area contributed by atoms with Crippen molar-refractivity contribution in [3.05, 3.63) is 52.1 Å². The number of non-ortho nitro benzene ring substituents is 1. The van der Waals surface area contributed by atoms with Crippen LogP contribution in [0.25, 0.3) is 21.8 Å². The van der Waals surface area contributed by atoms with Crippen LogP contribution in [0.3, 0.4) is 0 Å². The molecule has 0 spiro atoms. The number of amides is 5. The Labute approximate surface area is 401 Å². The van der Waals surface area contributed by atoms with Gasteiger partial charge in [-0.15, -0.1) is 0 Å². The Bertz CT molecular complexity index is 2320. The van der Waals surface area contributed by atoms with Crippen LogP contribution in [0.2, 0.25) is 0 Å². The zero-order valence-electron chi connectivity index (χ0n) is 40.0. The fourth-order valence-corrected chi connectivity index (χ4v) is 8.37. The summed E-state index contributed by atoms with van der Waals surface area (Å²) in [4.78, 5) is 102. The molecule has 2 heterocycles. The lowest BCUT2D eigenvalue weighted by atomic mass is 9.96. The van der Waals surface area contributed by atoms with E-state index < -0.39 is 82.7 Å². The Hall–Kier alpha value is -6.68. The number of nitro benzene ring substituents is 1. The molecule has 69 heavy (non-hydrogen) atoms. The van der Waals surface area contributed by atoms with Gasteiger partial charge in [0.15, 0.2) is 5.96 Å². The molecule has 22 nitrogen and oxygen atoms in total. The molecule has 22 heteroatoms. The van der Waals surface area contributed by atoms with Gasteiger partial charge < -0.3 is 58.9 Å². The molecule has 7 atom stereocenters. The summed E-state index contributed by atoms with van der Waals surface area (Å²) in [5, 5.41) is 47.6. The van der Waals surface area contributed by atoms with E-state index in [9.17, 15) is 49.1 Å². The Morgan fingerprint density at radius 2 is 1.64 bits per heavy atom. The lowest BCUT2D eigenvalue weighted by Gasteiger charge is -2.33. The third-order valence-corrected chi connectivity index (χ3v) is 12.4. The summed E-state index contributed by atoms with van der Waals surface area (Å²) in [6, 6.07) is 4.57. The molecule has 1 aliphatic heterocycles. The first-order chi connectivity index (χ1) is 32.9. The topological polar surface area (TPSA) is 353 Å². The number of carboxylic acids is 1. The number of guanidine groups is 1. The highest BCUT2D eigenvalue weighted by molar-refractivity contribution is 6.12. The predicted octanol–water partition coefficient (Wildman–Crippen LogP) is 2.20. The van der Waals surface area contributed by atoms with Crippen LogP contribution in [0.1, 0.15) is 103 Å². The maximum Gasteiger partial charge on any atom is 0.326 e. The Balaban J connectivity index is 1.37. The molecule has 13 N–H and O–H groups in total. The number of aromatic nitrogens is 1. The molecule has 1 fully saturated rings. The number of hydrogen-bond donors (Lipinski definition) is 10. The van der Waals surface area contributed by atoms with Crippen molar-refractivity contribution in [3.63, 3.8) is 0 Å². The highest BCUT2D eigenvalue weighted by atomic mass is 16.6. The van der Waals surface area contributed by atoms with Gasteiger partial charge in [0.1, 0.15) is 35.6 Å². The minimum Gasteiger partial charge on any atom is -0.480 e. The number of nitrogens with two attached hydrogens (primary N) is 3. The number of aliphatic imine (C=N–C) groups is 1. The number of hydrogen-bond acceptors (Lipinski definition) is 13. The predicted molar refractivity (Wildman–Crippen MR) is 262 cm³/mol. The lowest BCUT2D eigenvalue weighted by Crippen LogP contribution is -2.60. The molecule has 1 aromatic heterocycles. The van der Waals surface area contributed by atoms with Crippen LogP contribution < -0.4 is 43.8 Å². The van der Waals surface area contributed by atoms with Crippen molar-refractivity contribution in [2.75, 3.05) is 31.5 Å². The van der Waals surface area contributed by atoms with E-state index in [-0.39, 0.29) is 56.8 Å². The second-order valence-corrected chi connectivity index (χ2v) is 17.7. The van der Waals surface area contributed by atoms with Crippen LogP contribution in [0.5, 0.6) is 0 Å². The molecule has 5 amide bonds. The number of nitrogens with one attached hydrogen (secondary N) is 5. The Morgan fingerprint density at radius 1 is 0.913 bits per heavy atom. The number of aliphatic hydroxyl groups is 1. The highest BCUT2D eigenvalue weighted by Crippen LogP contribution is 2.38. The first-order valence-electron chi connectivity index (χ1n) is 23.8. The van der Waals surface area contributed by atoms with Gasteiger partial charge in [-0.2, -0.15) is 0 Å². The van der Waals surface area contributed by atoms with E-state index in [1.165, 1.54) is 17.9 Å². The minimum absolute atomic E-state index is 0.0211. The molecule has 1 saturated heterocycles. The van der Waals surface area contributed by atoms with E-state index >= 15 is 0 Å². The summed E-state index contributed by atoms with van der Waals surface area (Å²) in [7, 11) is 0. The summed E-state index contributed by atoms with van der Waals surface area (Å²) in [5.74, 6) is -5.01. The number of anilines is 1. The molecule has 0 saturated carbocycles. The van der Waals surface area contributed by atoms with Crippen LogP contribution in [0, 0.1) is 23.0 Å². The van der Waals surface area contributed by atoms with Gasteiger partial charge >= 0.3 is 5.97 Å². The zero-order chi connectivity index (χ0) is 50.8. The van der Waals surface area contributed by atoms with E-state index in [1.807, 2.05) is 38.1 Å². The number of pyridine rings is 1. The standard InChI is InChI=1S/C47H70N12O10/c1-5-27(2)39(45(65)58-26-14-19-35(58)43(63)55-33(46(66)67)18-13-25-52-47(49)50)57-42(62)32(17-10-11-23-48)54-44(64)40(29(4)60)56-36(61)20-7-6-12-24-51-41-30-15-8-9-16-31(30)53-38-28(3)21-22-34(37(38)41)59(68)69/h8-9,15-16,21-22,27,29,32-33,35,39-40,60H,5-7,10-14,17-20,23-26,48H2,1-4H3,(H,51,53)(H,54,64)(H,55,63)(H,56,61)(H,57,62)(H,66,67)(H4,49,50,52)/t27-,29+,32-,33-,35-,39-,40-/m0/s1. The molecule has 0 radical (unpaired) electrons. The van der Waals surface area contributed by atoms with Crippen LogP contribution in [-0.4, -0.2) is 129 Å². The number of nitrogens with zero attached hydrogens (tertiary/aromatic N) is 4. The van der Waals surface area contributed by atoms with Gasteiger partial charge in [-0.05, 0) is 95.7 Å². The average molecular weight is 963 g/mol. The molecule has 378 valence electrons. The zero-order valence-corrected chi connectivity index (χ0v) is 40.0. The van der Waals surface area contributed by atoms with E-state index in [0.717, 1.165) is 10.9 Å². The molecule has 4 rings (SSSR count). The number of carboxylic acid groups (broad SMARTS) is 1. The summed E-state index contributed by atoms with van der Waals surface area (Å²) < 4.78 is 0. The summed E-state index contributed by atoms with van der Waals surface area (Å²) in [6.45, 7) is 7.90. The van der Waals surface area contributed by atoms with E-state index in [1.54, 1.807) is 13.0 Å². The minimum atomic E-state index is -1.42. The van der Waals surface area contributed by atoms with Crippen molar-refractivity contribution in [1.82, 2.24) is 31.2 Å². The molecule has 0 bridgehead atoms. The maximum absolute atomic E-state index is 14.2. The third kappa shape index (κ3) is 15.4. The number of likely N-dealkylation sites (tertiary alicyclic amines) is 1. The van der Waals surface area contributed by atoms with Crippen LogP contribution in [-0.2, 0) is 28.8 Å². The van der Waals surface area contributed by atoms with Crippen molar-refractivity contribution in [2.24, 2.45) is 28.1 Å². The fraction of sp³-hybridized carbons (Fsp3) is 0.574. The Morgan fingerprint density at radius 3 is 2.30 bits per heavy atom. The number of aliphatic carboxylic acids is 1. The first kappa shape index (κ1) is 54.9. The number of carbonyl (C=O) groups excluding carboxylic acids is 5. The van der Waals surface area contributed by atoms with Crippen molar-refractivity contribution in [2.45, 2.75) is 141 Å². The van der Waals surface area contributed by atoms with Gasteiger partial charge in [0.2, 0.25) is 29.5 Å². The number of aryl methyl sites for hydroxylation is 1. The number of carbonyl (C=O) groups is 6. The molecule has 1 aliphatic rings. The summed E-state index contributed by atoms with van der Waals surface area (Å²) in [5.41, 5.74) is 19.0. The highest BCUT2D eigenvalue weighted by Gasteiger charge is 2.41. The van der Waals surface area contributed by atoms with Crippen LogP contribution in [0.15, 0.2) is 41.4 Å². The lowest BCUT2D eigenvalue weighted by molar-refractivity contribution is -0.383. The molecule has 2 aromatic carbocycles. The van der Waals surface area contributed by atoms with E-state index in [2.05, 4.69) is 31.6 Å². The van der Waals surface area contributed by atoms with Gasteiger partial charge in [-0.25, -0.2) is 9.78 Å². The fourth-order valence-electron chi connectivity index (χ4n) is 8.37. The summed E-state index contributed by atoms with van der Waals surface area (Å²) in [6.07, 6.45) is 2.86. The van der Waals surface area contributed by atoms with Gasteiger partial charge in [-0.1, -0.05) is 51.0 Å². The normalized spacial score (nSPS) is 16.1. The molecule has 3 aromatic rings. The molecule has 0 unspecified atom stereocenters. The van der Waals surface area contributed by atoms with Gasteiger partial charge in [-0.3, -0.25) is 39.1 Å². The van der Waals surface area contributed by atoms with E-state index in [0.29, 0.717) is 80.1 Å². The summed E-state index contributed by atoms with van der Waals surface area (Å²) >= 11 is 0. The number of aliphatic hydroxyl groups excluding tert-OH is 1. The number of benzene rings is 2. The average Bonchev–Trinajstić information content (AvgIpc) is 3.81. The van der Waals surface area contributed by atoms with Crippen molar-refractivity contribution in [1.29, 1.82) is 0 Å². The monoisotopic (exact) mass is 963 g/mol. The number of nitro groups is 1. The molecular weight excluding hydrogens is 893 g/mol. The third-order valence-electron chi connectivity index (χ3n) is 12.4. The van der Waals surface area contributed by atoms with Gasteiger partial charge in [0, 0.05) is 37.5 Å². The second kappa shape index (κ2) is 26.8. The molecule has 0 aliphatic carbocycles.